The van der Waals surface area contributed by atoms with Crippen LogP contribution in [-0.2, 0) is 6.54 Å². The lowest BCUT2D eigenvalue weighted by Crippen LogP contribution is -2.32. The van der Waals surface area contributed by atoms with Gasteiger partial charge in [-0.05, 0) is 23.8 Å². The van der Waals surface area contributed by atoms with E-state index in [1.807, 2.05) is 54.6 Å². The van der Waals surface area contributed by atoms with Gasteiger partial charge in [0.2, 0.25) is 5.56 Å². The normalized spacial score (nSPS) is 10.7. The number of carbonyl (C=O) groups excluding carboxylic acids is 1. The molecule has 4 rings (SSSR count). The number of para-hydroxylation sites is 1. The molecule has 2 aromatic heterocycles. The SMILES string of the molecule is O=C(c1cc(=O)[nH]c2ccccc12)N(Cc1ccccc1)c1ccccn1. The molecule has 0 aliphatic rings. The summed E-state index contributed by atoms with van der Waals surface area (Å²) in [4.78, 5) is 34.2. The summed E-state index contributed by atoms with van der Waals surface area (Å²) in [5.74, 6) is 0.274. The Morgan fingerprint density at radius 3 is 2.44 bits per heavy atom. The van der Waals surface area contributed by atoms with Crippen molar-refractivity contribution in [2.24, 2.45) is 0 Å². The quantitative estimate of drug-likeness (QED) is 0.606. The molecule has 2 aromatic carbocycles. The molecule has 0 saturated carbocycles. The van der Waals surface area contributed by atoms with Crippen LogP contribution < -0.4 is 10.5 Å². The van der Waals surface area contributed by atoms with Gasteiger partial charge in [0.05, 0.1) is 12.1 Å². The number of amides is 1. The van der Waals surface area contributed by atoms with Crippen molar-refractivity contribution in [1.82, 2.24) is 9.97 Å². The monoisotopic (exact) mass is 355 g/mol. The van der Waals surface area contributed by atoms with Gasteiger partial charge in [0.1, 0.15) is 5.82 Å². The second kappa shape index (κ2) is 7.25. The average Bonchev–Trinajstić information content (AvgIpc) is 2.72. The van der Waals surface area contributed by atoms with Crippen molar-refractivity contribution in [2.45, 2.75) is 6.54 Å². The number of fused-ring (bicyclic) bond motifs is 1. The largest absolute Gasteiger partial charge is 0.322 e. The predicted molar refractivity (Wildman–Crippen MR) is 106 cm³/mol. The highest BCUT2D eigenvalue weighted by Crippen LogP contribution is 2.21. The van der Waals surface area contributed by atoms with Crippen molar-refractivity contribution >= 4 is 22.6 Å². The fourth-order valence-corrected chi connectivity index (χ4v) is 3.06. The third-order valence-electron chi connectivity index (χ3n) is 4.34. The third kappa shape index (κ3) is 3.48. The van der Waals surface area contributed by atoms with Crippen molar-refractivity contribution in [1.29, 1.82) is 0 Å². The number of H-pyrrole nitrogens is 1. The molecule has 1 amide bonds. The highest BCUT2D eigenvalue weighted by Gasteiger charge is 2.21. The fraction of sp³-hybridized carbons (Fsp3) is 0.0455. The highest BCUT2D eigenvalue weighted by molar-refractivity contribution is 6.13. The van der Waals surface area contributed by atoms with Gasteiger partial charge in [0.25, 0.3) is 5.91 Å². The molecule has 0 atom stereocenters. The smallest absolute Gasteiger partial charge is 0.260 e. The maximum atomic E-state index is 13.4. The minimum Gasteiger partial charge on any atom is -0.322 e. The lowest BCUT2D eigenvalue weighted by molar-refractivity contribution is 0.0985. The topological polar surface area (TPSA) is 66.1 Å². The number of benzene rings is 2. The molecule has 132 valence electrons. The number of pyridine rings is 2. The molecule has 4 aromatic rings. The van der Waals surface area contributed by atoms with Crippen LogP contribution in [0.25, 0.3) is 10.9 Å². The number of nitrogens with zero attached hydrogens (tertiary/aromatic N) is 2. The van der Waals surface area contributed by atoms with E-state index in [-0.39, 0.29) is 11.5 Å². The molecular weight excluding hydrogens is 338 g/mol. The van der Waals surface area contributed by atoms with Crippen LogP contribution in [0.3, 0.4) is 0 Å². The lowest BCUT2D eigenvalue weighted by atomic mass is 10.1. The Morgan fingerprint density at radius 2 is 1.67 bits per heavy atom. The summed E-state index contributed by atoms with van der Waals surface area (Å²) in [6.07, 6.45) is 1.65. The van der Waals surface area contributed by atoms with Crippen molar-refractivity contribution in [3.63, 3.8) is 0 Å². The van der Waals surface area contributed by atoms with Gasteiger partial charge in [0, 0.05) is 23.2 Å². The number of nitrogens with one attached hydrogen (secondary N) is 1. The van der Waals surface area contributed by atoms with E-state index in [0.717, 1.165) is 5.56 Å². The number of aromatic nitrogens is 2. The van der Waals surface area contributed by atoms with Gasteiger partial charge < -0.3 is 4.98 Å². The molecule has 0 fully saturated rings. The van der Waals surface area contributed by atoms with Gasteiger partial charge in [-0.15, -0.1) is 0 Å². The van der Waals surface area contributed by atoms with Crippen LogP contribution in [0.4, 0.5) is 5.82 Å². The molecule has 5 nitrogen and oxygen atoms in total. The Labute approximate surface area is 155 Å². The zero-order chi connectivity index (χ0) is 18.6. The lowest BCUT2D eigenvalue weighted by Gasteiger charge is -2.22. The first-order chi connectivity index (χ1) is 13.2. The van der Waals surface area contributed by atoms with Crippen molar-refractivity contribution in [2.75, 3.05) is 4.90 Å². The second-order valence-electron chi connectivity index (χ2n) is 6.16. The van der Waals surface area contributed by atoms with Crippen molar-refractivity contribution in [3.05, 3.63) is 107 Å². The Bertz CT molecular complexity index is 1140. The standard InChI is InChI=1S/C22H17N3O2/c26-21-14-18(17-10-4-5-11-19(17)24-21)22(27)25(20-12-6-7-13-23-20)15-16-8-2-1-3-9-16/h1-14H,15H2,(H,24,26). The van der Waals surface area contributed by atoms with E-state index in [1.54, 1.807) is 29.3 Å². The molecule has 0 unspecified atom stereocenters. The summed E-state index contributed by atoms with van der Waals surface area (Å²) in [7, 11) is 0. The van der Waals surface area contributed by atoms with Gasteiger partial charge in [-0.3, -0.25) is 14.5 Å². The average molecular weight is 355 g/mol. The van der Waals surface area contributed by atoms with E-state index in [0.29, 0.717) is 28.8 Å². The highest BCUT2D eigenvalue weighted by atomic mass is 16.2. The summed E-state index contributed by atoms with van der Waals surface area (Å²) in [5, 5.41) is 0.705. The van der Waals surface area contributed by atoms with E-state index in [2.05, 4.69) is 9.97 Å². The molecular formula is C22H17N3O2. The molecule has 5 heteroatoms. The van der Waals surface area contributed by atoms with Crippen LogP contribution in [0, 0.1) is 0 Å². The van der Waals surface area contributed by atoms with Crippen LogP contribution >= 0.6 is 0 Å². The number of hydrogen-bond donors (Lipinski definition) is 1. The van der Waals surface area contributed by atoms with E-state index in [4.69, 9.17) is 0 Å². The maximum Gasteiger partial charge on any atom is 0.260 e. The number of aromatic amines is 1. The van der Waals surface area contributed by atoms with E-state index < -0.39 is 0 Å². The first-order valence-electron chi connectivity index (χ1n) is 8.61. The van der Waals surface area contributed by atoms with Gasteiger partial charge in [-0.1, -0.05) is 54.6 Å². The van der Waals surface area contributed by atoms with Crippen LogP contribution in [0.1, 0.15) is 15.9 Å². The number of carbonyl (C=O) groups is 1. The van der Waals surface area contributed by atoms with E-state index >= 15 is 0 Å². The molecule has 27 heavy (non-hydrogen) atoms. The van der Waals surface area contributed by atoms with Crippen molar-refractivity contribution in [3.8, 4) is 0 Å². The molecule has 0 bridgehead atoms. The second-order valence-corrected chi connectivity index (χ2v) is 6.16. The number of hydrogen-bond acceptors (Lipinski definition) is 3. The van der Waals surface area contributed by atoms with E-state index in [9.17, 15) is 9.59 Å². The van der Waals surface area contributed by atoms with Crippen LogP contribution in [0.2, 0.25) is 0 Å². The molecule has 0 saturated heterocycles. The Balaban J connectivity index is 1.83. The fourth-order valence-electron chi connectivity index (χ4n) is 3.06. The van der Waals surface area contributed by atoms with Gasteiger partial charge in [0.15, 0.2) is 0 Å². The molecule has 2 heterocycles. The minimum atomic E-state index is -0.308. The molecule has 1 N–H and O–H groups in total. The van der Waals surface area contributed by atoms with E-state index in [1.165, 1.54) is 6.07 Å². The summed E-state index contributed by atoms with van der Waals surface area (Å²) in [6.45, 7) is 0.359. The van der Waals surface area contributed by atoms with Gasteiger partial charge in [-0.2, -0.15) is 0 Å². The Kier molecular flexibility index (Phi) is 4.49. The molecule has 0 aliphatic heterocycles. The number of rotatable bonds is 4. The Morgan fingerprint density at radius 1 is 0.926 bits per heavy atom. The summed E-state index contributed by atoms with van der Waals surface area (Å²) in [5.41, 5.74) is 1.66. The summed E-state index contributed by atoms with van der Waals surface area (Å²) >= 11 is 0. The van der Waals surface area contributed by atoms with Gasteiger partial charge >= 0.3 is 0 Å². The third-order valence-corrected chi connectivity index (χ3v) is 4.34. The van der Waals surface area contributed by atoms with Crippen LogP contribution in [-0.4, -0.2) is 15.9 Å². The zero-order valence-electron chi connectivity index (χ0n) is 14.5. The Hall–Kier alpha value is -3.73. The molecule has 0 radical (unpaired) electrons. The minimum absolute atomic E-state index is 0.264. The first kappa shape index (κ1) is 16.7. The van der Waals surface area contributed by atoms with Crippen LogP contribution in [0.5, 0.6) is 0 Å². The maximum absolute atomic E-state index is 13.4. The van der Waals surface area contributed by atoms with Crippen LogP contribution in [0.15, 0.2) is 89.9 Å². The molecule has 0 spiro atoms. The molecule has 0 aliphatic carbocycles. The first-order valence-corrected chi connectivity index (χ1v) is 8.61. The summed E-state index contributed by atoms with van der Waals surface area (Å²) < 4.78 is 0. The number of anilines is 1. The summed E-state index contributed by atoms with van der Waals surface area (Å²) in [6, 6.07) is 23.8. The van der Waals surface area contributed by atoms with Crippen molar-refractivity contribution < 1.29 is 4.79 Å². The predicted octanol–water partition coefficient (Wildman–Crippen LogP) is 3.77. The zero-order valence-corrected chi connectivity index (χ0v) is 14.5. The van der Waals surface area contributed by atoms with Gasteiger partial charge in [-0.25, -0.2) is 4.98 Å².